The summed E-state index contributed by atoms with van der Waals surface area (Å²) in [4.78, 5) is 12.2. The molecule has 3 rings (SSSR count). The Balaban J connectivity index is 2.10. The molecule has 0 saturated carbocycles. The monoisotopic (exact) mass is 343 g/mol. The maximum Gasteiger partial charge on any atom is 0.225 e. The van der Waals surface area contributed by atoms with Crippen molar-refractivity contribution in [3.8, 4) is 23.0 Å². The molecule has 2 aromatic rings. The lowest BCUT2D eigenvalue weighted by atomic mass is 9.84. The quantitative estimate of drug-likeness (QED) is 0.871. The number of nitrogens with one attached hydrogen (secondary N) is 1. The molecular weight excluding hydrogens is 322 g/mol. The second-order valence-electron chi connectivity index (χ2n) is 5.76. The van der Waals surface area contributed by atoms with Crippen LogP contribution in [0.15, 0.2) is 30.3 Å². The minimum absolute atomic E-state index is 0.0734. The van der Waals surface area contributed by atoms with Gasteiger partial charge in [0.25, 0.3) is 0 Å². The summed E-state index contributed by atoms with van der Waals surface area (Å²) < 4.78 is 16.2. The molecule has 0 unspecified atom stereocenters. The number of benzene rings is 2. The first-order valence-electron chi connectivity index (χ1n) is 8.08. The fourth-order valence-electron chi connectivity index (χ4n) is 3.10. The maximum absolute atomic E-state index is 12.2. The third-order valence-corrected chi connectivity index (χ3v) is 4.28. The minimum atomic E-state index is -0.164. The third kappa shape index (κ3) is 3.20. The Labute approximate surface area is 146 Å². The van der Waals surface area contributed by atoms with Gasteiger partial charge in [-0.3, -0.25) is 4.79 Å². The number of phenols is 1. The standard InChI is InChI=1S/C19H21NO5/c1-4-25-16-7-11(5-6-15(16)21)12-9-19(22)20-14-10-18(24-3)17(23-2)8-13(12)14/h5-8,10,12,21H,4,9H2,1-3H3,(H,20,22)/t12-/m0/s1. The van der Waals surface area contributed by atoms with Gasteiger partial charge in [-0.25, -0.2) is 0 Å². The van der Waals surface area contributed by atoms with E-state index in [9.17, 15) is 9.90 Å². The second-order valence-corrected chi connectivity index (χ2v) is 5.76. The lowest BCUT2D eigenvalue weighted by Crippen LogP contribution is -2.23. The molecule has 2 N–H and O–H groups in total. The van der Waals surface area contributed by atoms with Crippen LogP contribution in [0.5, 0.6) is 23.0 Å². The molecule has 6 heteroatoms. The van der Waals surface area contributed by atoms with Crippen LogP contribution in [0.25, 0.3) is 0 Å². The van der Waals surface area contributed by atoms with Crippen LogP contribution in [-0.4, -0.2) is 31.8 Å². The molecule has 132 valence electrons. The normalized spacial score (nSPS) is 16.0. The molecule has 0 radical (unpaired) electrons. The van der Waals surface area contributed by atoms with E-state index in [0.29, 0.717) is 36.0 Å². The third-order valence-electron chi connectivity index (χ3n) is 4.28. The minimum Gasteiger partial charge on any atom is -0.504 e. The fraction of sp³-hybridized carbons (Fsp3) is 0.316. The Morgan fingerprint density at radius 1 is 1.12 bits per heavy atom. The number of rotatable bonds is 5. The number of aromatic hydroxyl groups is 1. The summed E-state index contributed by atoms with van der Waals surface area (Å²) in [6.07, 6.45) is 0.304. The van der Waals surface area contributed by atoms with E-state index in [0.717, 1.165) is 11.1 Å². The topological polar surface area (TPSA) is 77.0 Å². The van der Waals surface area contributed by atoms with Crippen molar-refractivity contribution in [1.82, 2.24) is 0 Å². The smallest absolute Gasteiger partial charge is 0.225 e. The van der Waals surface area contributed by atoms with E-state index in [2.05, 4.69) is 5.32 Å². The van der Waals surface area contributed by atoms with Crippen LogP contribution in [0.3, 0.4) is 0 Å². The highest BCUT2D eigenvalue weighted by Gasteiger charge is 2.29. The second kappa shape index (κ2) is 6.93. The summed E-state index contributed by atoms with van der Waals surface area (Å²) >= 11 is 0. The van der Waals surface area contributed by atoms with Crippen LogP contribution in [-0.2, 0) is 4.79 Å². The summed E-state index contributed by atoms with van der Waals surface area (Å²) in [5.74, 6) is 1.42. The van der Waals surface area contributed by atoms with Gasteiger partial charge in [0.05, 0.1) is 20.8 Å². The number of hydrogen-bond donors (Lipinski definition) is 2. The van der Waals surface area contributed by atoms with E-state index in [-0.39, 0.29) is 17.6 Å². The number of hydrogen-bond acceptors (Lipinski definition) is 5. The van der Waals surface area contributed by atoms with Crippen LogP contribution in [0.2, 0.25) is 0 Å². The lowest BCUT2D eigenvalue weighted by Gasteiger charge is -2.27. The van der Waals surface area contributed by atoms with Gasteiger partial charge in [0, 0.05) is 24.1 Å². The fourth-order valence-corrected chi connectivity index (χ4v) is 3.10. The van der Waals surface area contributed by atoms with Crippen LogP contribution < -0.4 is 19.5 Å². The predicted molar refractivity (Wildman–Crippen MR) is 93.9 cm³/mol. The summed E-state index contributed by atoms with van der Waals surface area (Å²) in [5.41, 5.74) is 2.53. The van der Waals surface area contributed by atoms with Crippen molar-refractivity contribution in [2.75, 3.05) is 26.1 Å². The highest BCUT2D eigenvalue weighted by Crippen LogP contribution is 2.44. The molecule has 1 aliphatic rings. The zero-order valence-corrected chi connectivity index (χ0v) is 14.5. The first kappa shape index (κ1) is 17.0. The van der Waals surface area contributed by atoms with Crippen molar-refractivity contribution in [2.45, 2.75) is 19.3 Å². The molecular formula is C19H21NO5. The van der Waals surface area contributed by atoms with E-state index in [1.807, 2.05) is 19.1 Å². The van der Waals surface area contributed by atoms with Gasteiger partial charge >= 0.3 is 0 Å². The SMILES string of the molecule is CCOc1cc([C@@H]2CC(=O)Nc3cc(OC)c(OC)cc32)ccc1O. The van der Waals surface area contributed by atoms with Gasteiger partial charge in [-0.1, -0.05) is 6.07 Å². The molecule has 0 aromatic heterocycles. The number of anilines is 1. The number of amides is 1. The Morgan fingerprint density at radius 3 is 2.52 bits per heavy atom. The first-order chi connectivity index (χ1) is 12.1. The van der Waals surface area contributed by atoms with Crippen molar-refractivity contribution in [3.63, 3.8) is 0 Å². The van der Waals surface area contributed by atoms with E-state index in [1.54, 1.807) is 32.4 Å². The van der Waals surface area contributed by atoms with E-state index in [4.69, 9.17) is 14.2 Å². The maximum atomic E-state index is 12.2. The van der Waals surface area contributed by atoms with Crippen molar-refractivity contribution in [2.24, 2.45) is 0 Å². The molecule has 0 bridgehead atoms. The van der Waals surface area contributed by atoms with Gasteiger partial charge in [-0.05, 0) is 36.2 Å². The van der Waals surface area contributed by atoms with Crippen molar-refractivity contribution < 1.29 is 24.1 Å². The molecule has 0 fully saturated rings. The molecule has 1 heterocycles. The van der Waals surface area contributed by atoms with Crippen molar-refractivity contribution in [3.05, 3.63) is 41.5 Å². The molecule has 25 heavy (non-hydrogen) atoms. The Bertz CT molecular complexity index is 803. The van der Waals surface area contributed by atoms with E-state index in [1.165, 1.54) is 0 Å². The predicted octanol–water partition coefficient (Wildman–Crippen LogP) is 3.28. The number of methoxy groups -OCH3 is 2. The van der Waals surface area contributed by atoms with Gasteiger partial charge in [0.2, 0.25) is 5.91 Å². The number of fused-ring (bicyclic) bond motifs is 1. The van der Waals surface area contributed by atoms with Crippen LogP contribution in [0.1, 0.15) is 30.4 Å². The van der Waals surface area contributed by atoms with E-state index < -0.39 is 0 Å². The van der Waals surface area contributed by atoms with E-state index >= 15 is 0 Å². The molecule has 0 spiro atoms. The summed E-state index contributed by atoms with van der Waals surface area (Å²) in [6, 6.07) is 8.82. The highest BCUT2D eigenvalue weighted by atomic mass is 16.5. The molecule has 6 nitrogen and oxygen atoms in total. The number of carbonyl (C=O) groups is 1. The first-order valence-corrected chi connectivity index (χ1v) is 8.08. The number of ether oxygens (including phenoxy) is 3. The largest absolute Gasteiger partial charge is 0.504 e. The Kier molecular flexibility index (Phi) is 4.70. The van der Waals surface area contributed by atoms with Gasteiger partial charge in [-0.2, -0.15) is 0 Å². The molecule has 1 amide bonds. The summed E-state index contributed by atoms with van der Waals surface area (Å²) in [5, 5.41) is 12.8. The zero-order chi connectivity index (χ0) is 18.0. The van der Waals surface area contributed by atoms with Gasteiger partial charge in [-0.15, -0.1) is 0 Å². The molecule has 0 saturated heterocycles. The van der Waals surface area contributed by atoms with Crippen molar-refractivity contribution >= 4 is 11.6 Å². The zero-order valence-electron chi connectivity index (χ0n) is 14.5. The molecule has 1 atom stereocenters. The van der Waals surface area contributed by atoms with Gasteiger partial charge in [0.1, 0.15) is 0 Å². The van der Waals surface area contributed by atoms with Crippen LogP contribution >= 0.6 is 0 Å². The number of phenolic OH excluding ortho intramolecular Hbond substituents is 1. The summed E-state index contributed by atoms with van der Waals surface area (Å²) in [7, 11) is 3.13. The van der Waals surface area contributed by atoms with Gasteiger partial charge in [0.15, 0.2) is 23.0 Å². The average molecular weight is 343 g/mol. The Morgan fingerprint density at radius 2 is 1.84 bits per heavy atom. The molecule has 0 aliphatic carbocycles. The Hall–Kier alpha value is -2.89. The molecule has 2 aromatic carbocycles. The summed E-state index contributed by atoms with van der Waals surface area (Å²) in [6.45, 7) is 2.30. The molecule has 1 aliphatic heterocycles. The average Bonchev–Trinajstić information content (AvgIpc) is 2.62. The van der Waals surface area contributed by atoms with Gasteiger partial charge < -0.3 is 24.6 Å². The lowest BCUT2D eigenvalue weighted by molar-refractivity contribution is -0.116. The highest BCUT2D eigenvalue weighted by molar-refractivity contribution is 5.96. The van der Waals surface area contributed by atoms with Crippen LogP contribution in [0, 0.1) is 0 Å². The van der Waals surface area contributed by atoms with Crippen LogP contribution in [0.4, 0.5) is 5.69 Å². The van der Waals surface area contributed by atoms with Crippen molar-refractivity contribution in [1.29, 1.82) is 0 Å². The number of carbonyl (C=O) groups excluding carboxylic acids is 1.